The van der Waals surface area contributed by atoms with E-state index in [0.717, 1.165) is 5.56 Å². The minimum atomic E-state index is -0.477. The van der Waals surface area contributed by atoms with Gasteiger partial charge < -0.3 is 14.7 Å². The highest BCUT2D eigenvalue weighted by atomic mass is 35.5. The Morgan fingerprint density at radius 2 is 1.93 bits per heavy atom. The van der Waals surface area contributed by atoms with Gasteiger partial charge in [0.25, 0.3) is 0 Å². The smallest absolute Gasteiger partial charge is 0.227 e. The number of benzene rings is 2. The van der Waals surface area contributed by atoms with Crippen LogP contribution in [0.4, 0.5) is 10.1 Å². The number of aromatic nitrogens is 1. The van der Waals surface area contributed by atoms with Crippen LogP contribution in [0.25, 0.3) is 11.3 Å². The van der Waals surface area contributed by atoms with Crippen molar-refractivity contribution in [3.8, 4) is 11.3 Å². The SMILES string of the molecule is O=C(NCc1cc(-c2ccc(Cl)cc2)on1)[C@H]1CC(=O)N(c2ccc(F)cc2)C1. The van der Waals surface area contributed by atoms with Gasteiger partial charge in [0.1, 0.15) is 11.5 Å². The molecule has 1 saturated heterocycles. The molecule has 148 valence electrons. The van der Waals surface area contributed by atoms with Crippen molar-refractivity contribution in [2.24, 2.45) is 5.92 Å². The average molecular weight is 414 g/mol. The van der Waals surface area contributed by atoms with Crippen molar-refractivity contribution < 1.29 is 18.5 Å². The molecule has 0 bridgehead atoms. The van der Waals surface area contributed by atoms with Crippen LogP contribution in [-0.2, 0) is 16.1 Å². The summed E-state index contributed by atoms with van der Waals surface area (Å²) in [5.74, 6) is -0.679. The number of amides is 2. The highest BCUT2D eigenvalue weighted by molar-refractivity contribution is 6.30. The summed E-state index contributed by atoms with van der Waals surface area (Å²) in [7, 11) is 0. The van der Waals surface area contributed by atoms with Gasteiger partial charge in [-0.2, -0.15) is 0 Å². The van der Waals surface area contributed by atoms with Crippen molar-refractivity contribution in [1.29, 1.82) is 0 Å². The monoisotopic (exact) mass is 413 g/mol. The molecule has 1 aliphatic heterocycles. The number of nitrogens with zero attached hydrogens (tertiary/aromatic N) is 2. The van der Waals surface area contributed by atoms with Crippen LogP contribution >= 0.6 is 11.6 Å². The Morgan fingerprint density at radius 3 is 2.66 bits per heavy atom. The predicted octanol–water partition coefficient (Wildman–Crippen LogP) is 3.80. The lowest BCUT2D eigenvalue weighted by Crippen LogP contribution is -2.32. The second-order valence-electron chi connectivity index (χ2n) is 6.79. The van der Waals surface area contributed by atoms with E-state index in [9.17, 15) is 14.0 Å². The molecule has 1 aromatic heterocycles. The Bertz CT molecular complexity index is 1030. The summed E-state index contributed by atoms with van der Waals surface area (Å²) in [4.78, 5) is 26.2. The van der Waals surface area contributed by atoms with Gasteiger partial charge in [-0.15, -0.1) is 0 Å². The molecule has 4 rings (SSSR count). The van der Waals surface area contributed by atoms with E-state index >= 15 is 0 Å². The van der Waals surface area contributed by atoms with Crippen LogP contribution in [0.1, 0.15) is 12.1 Å². The van der Waals surface area contributed by atoms with E-state index in [-0.39, 0.29) is 37.1 Å². The first-order valence-corrected chi connectivity index (χ1v) is 9.42. The third-order valence-electron chi connectivity index (χ3n) is 4.77. The molecule has 1 atom stereocenters. The molecule has 0 radical (unpaired) electrons. The first kappa shape index (κ1) is 19.1. The van der Waals surface area contributed by atoms with Crippen LogP contribution < -0.4 is 10.2 Å². The van der Waals surface area contributed by atoms with Crippen molar-refractivity contribution in [3.05, 3.63) is 71.1 Å². The van der Waals surface area contributed by atoms with Crippen molar-refractivity contribution in [2.75, 3.05) is 11.4 Å². The topological polar surface area (TPSA) is 75.4 Å². The number of anilines is 1. The van der Waals surface area contributed by atoms with Crippen LogP contribution in [-0.4, -0.2) is 23.5 Å². The Morgan fingerprint density at radius 1 is 1.21 bits per heavy atom. The quantitative estimate of drug-likeness (QED) is 0.690. The number of hydrogen-bond acceptors (Lipinski definition) is 4. The number of carbonyl (C=O) groups excluding carboxylic acids is 2. The first-order valence-electron chi connectivity index (χ1n) is 9.05. The third kappa shape index (κ3) is 4.30. The maximum atomic E-state index is 13.1. The Labute approximate surface area is 171 Å². The lowest BCUT2D eigenvalue weighted by atomic mass is 10.1. The molecule has 6 nitrogen and oxygen atoms in total. The normalized spacial score (nSPS) is 16.3. The van der Waals surface area contributed by atoms with Crippen LogP contribution in [0.15, 0.2) is 59.1 Å². The Hall–Kier alpha value is -3.19. The number of rotatable bonds is 5. The zero-order valence-electron chi connectivity index (χ0n) is 15.3. The zero-order valence-corrected chi connectivity index (χ0v) is 16.0. The van der Waals surface area contributed by atoms with Crippen molar-refractivity contribution in [3.63, 3.8) is 0 Å². The second-order valence-corrected chi connectivity index (χ2v) is 7.23. The van der Waals surface area contributed by atoms with Crippen LogP contribution in [0.5, 0.6) is 0 Å². The number of nitrogens with one attached hydrogen (secondary N) is 1. The third-order valence-corrected chi connectivity index (χ3v) is 5.02. The van der Waals surface area contributed by atoms with E-state index in [1.807, 2.05) is 12.1 Å². The van der Waals surface area contributed by atoms with E-state index in [2.05, 4.69) is 10.5 Å². The Balaban J connectivity index is 1.35. The van der Waals surface area contributed by atoms with Gasteiger partial charge in [-0.1, -0.05) is 16.8 Å². The van der Waals surface area contributed by atoms with Crippen LogP contribution in [0.2, 0.25) is 5.02 Å². The van der Waals surface area contributed by atoms with E-state index < -0.39 is 5.92 Å². The molecule has 29 heavy (non-hydrogen) atoms. The molecule has 2 heterocycles. The highest BCUT2D eigenvalue weighted by Crippen LogP contribution is 2.26. The highest BCUT2D eigenvalue weighted by Gasteiger charge is 2.35. The molecule has 2 amide bonds. The molecule has 8 heteroatoms. The van der Waals surface area contributed by atoms with Gasteiger partial charge in [0.05, 0.1) is 12.5 Å². The van der Waals surface area contributed by atoms with Gasteiger partial charge in [-0.05, 0) is 48.5 Å². The van der Waals surface area contributed by atoms with Gasteiger partial charge in [-0.25, -0.2) is 4.39 Å². The van der Waals surface area contributed by atoms with E-state index in [0.29, 0.717) is 22.2 Å². The predicted molar refractivity (Wildman–Crippen MR) is 106 cm³/mol. The second kappa shape index (κ2) is 8.05. The molecule has 1 aliphatic rings. The maximum Gasteiger partial charge on any atom is 0.227 e. The molecule has 2 aromatic carbocycles. The summed E-state index contributed by atoms with van der Waals surface area (Å²) in [6, 6.07) is 14.5. The molecule has 0 unspecified atom stereocenters. The first-order chi connectivity index (χ1) is 14.0. The molecule has 1 N–H and O–H groups in total. The van der Waals surface area contributed by atoms with Gasteiger partial charge in [-0.3, -0.25) is 9.59 Å². The summed E-state index contributed by atoms with van der Waals surface area (Å²) in [6.45, 7) is 0.447. The largest absolute Gasteiger partial charge is 0.356 e. The Kier molecular flexibility index (Phi) is 5.31. The molecule has 3 aromatic rings. The summed E-state index contributed by atoms with van der Waals surface area (Å²) >= 11 is 5.88. The van der Waals surface area contributed by atoms with Crippen molar-refractivity contribution in [1.82, 2.24) is 10.5 Å². The van der Waals surface area contributed by atoms with Gasteiger partial charge in [0.2, 0.25) is 11.8 Å². The average Bonchev–Trinajstić information content (AvgIpc) is 3.34. The summed E-state index contributed by atoms with van der Waals surface area (Å²) < 4.78 is 18.4. The summed E-state index contributed by atoms with van der Waals surface area (Å²) in [5, 5.41) is 7.39. The lowest BCUT2D eigenvalue weighted by molar-refractivity contribution is -0.126. The zero-order chi connectivity index (χ0) is 20.4. The van der Waals surface area contributed by atoms with E-state index in [1.165, 1.54) is 29.2 Å². The number of carbonyl (C=O) groups is 2. The molecule has 1 fully saturated rings. The summed E-state index contributed by atoms with van der Waals surface area (Å²) in [6.07, 6.45) is 0.109. The van der Waals surface area contributed by atoms with E-state index in [4.69, 9.17) is 16.1 Å². The molecule has 0 aliphatic carbocycles. The maximum absolute atomic E-state index is 13.1. The lowest BCUT2D eigenvalue weighted by Gasteiger charge is -2.16. The van der Waals surface area contributed by atoms with Gasteiger partial charge in [0.15, 0.2) is 5.76 Å². The van der Waals surface area contributed by atoms with Crippen molar-refractivity contribution >= 4 is 29.1 Å². The van der Waals surface area contributed by atoms with Gasteiger partial charge >= 0.3 is 0 Å². The number of hydrogen-bond donors (Lipinski definition) is 1. The van der Waals surface area contributed by atoms with Crippen molar-refractivity contribution in [2.45, 2.75) is 13.0 Å². The minimum absolute atomic E-state index is 0.109. The van der Waals surface area contributed by atoms with Crippen LogP contribution in [0.3, 0.4) is 0 Å². The number of halogens is 2. The molecule has 0 spiro atoms. The fourth-order valence-electron chi connectivity index (χ4n) is 3.22. The van der Waals surface area contributed by atoms with E-state index in [1.54, 1.807) is 18.2 Å². The fraction of sp³-hybridized carbons (Fsp3) is 0.190. The fourth-order valence-corrected chi connectivity index (χ4v) is 3.35. The molecular formula is C21H17ClFN3O3. The summed E-state index contributed by atoms with van der Waals surface area (Å²) in [5.41, 5.74) is 1.98. The van der Waals surface area contributed by atoms with Gasteiger partial charge in [0, 0.05) is 35.3 Å². The minimum Gasteiger partial charge on any atom is -0.356 e. The molecule has 0 saturated carbocycles. The standard InChI is InChI=1S/C21H17ClFN3O3/c22-15-3-1-13(2-4-15)19-10-17(25-29-19)11-24-21(28)14-9-20(27)26(12-14)18-7-5-16(23)6-8-18/h1-8,10,14H,9,11-12H2,(H,24,28)/t14-/m0/s1. The molecular weight excluding hydrogens is 397 g/mol. The van der Waals surface area contributed by atoms with Crippen LogP contribution in [0, 0.1) is 11.7 Å².